The molecule has 2 amide bonds. The van der Waals surface area contributed by atoms with Gasteiger partial charge in [0.2, 0.25) is 5.91 Å². The van der Waals surface area contributed by atoms with Crippen LogP contribution in [0.3, 0.4) is 0 Å². The summed E-state index contributed by atoms with van der Waals surface area (Å²) in [6.45, 7) is 3.80. The van der Waals surface area contributed by atoms with Crippen LogP contribution in [0, 0.1) is 6.92 Å². The van der Waals surface area contributed by atoms with Crippen molar-refractivity contribution in [2.45, 2.75) is 58.3 Å². The average Bonchev–Trinajstić information content (AvgIpc) is 2.77. The van der Waals surface area contributed by atoms with E-state index >= 15 is 0 Å². The number of hydrogen-bond donors (Lipinski definition) is 2. The van der Waals surface area contributed by atoms with Gasteiger partial charge in [0.1, 0.15) is 5.69 Å². The molecule has 6 nitrogen and oxygen atoms in total. The van der Waals surface area contributed by atoms with E-state index < -0.39 is 0 Å². The summed E-state index contributed by atoms with van der Waals surface area (Å²) in [7, 11) is 0. The van der Waals surface area contributed by atoms with Crippen molar-refractivity contribution < 1.29 is 14.4 Å². The predicted molar refractivity (Wildman–Crippen MR) is 94.8 cm³/mol. The summed E-state index contributed by atoms with van der Waals surface area (Å²) in [6.07, 6.45) is 7.03. The topological polar surface area (TPSA) is 82.3 Å². The second kappa shape index (κ2) is 7.85. The molecule has 136 valence electrons. The second-order valence-corrected chi connectivity index (χ2v) is 7.06. The molecule has 2 aliphatic rings. The Morgan fingerprint density at radius 1 is 1.08 bits per heavy atom. The number of amides is 2. The SMILES string of the molecule is Cc1c(C(=O)NCCC(=O)N2CCCCCC2)[nH]c2c1C(=O)CCC2. The highest BCUT2D eigenvalue weighted by molar-refractivity contribution is 6.04. The monoisotopic (exact) mass is 345 g/mol. The van der Waals surface area contributed by atoms with E-state index in [1.165, 1.54) is 12.8 Å². The average molecular weight is 345 g/mol. The summed E-state index contributed by atoms with van der Waals surface area (Å²) in [6, 6.07) is 0. The van der Waals surface area contributed by atoms with Crippen molar-refractivity contribution in [3.05, 3.63) is 22.5 Å². The minimum absolute atomic E-state index is 0.111. The lowest BCUT2D eigenvalue weighted by Gasteiger charge is -2.20. The minimum atomic E-state index is -0.233. The molecule has 2 heterocycles. The Labute approximate surface area is 148 Å². The molecule has 1 aromatic heterocycles. The number of carbonyl (C=O) groups is 3. The van der Waals surface area contributed by atoms with E-state index in [1.54, 1.807) is 0 Å². The molecule has 0 radical (unpaired) electrons. The van der Waals surface area contributed by atoms with Gasteiger partial charge in [-0.15, -0.1) is 0 Å². The van der Waals surface area contributed by atoms with E-state index in [9.17, 15) is 14.4 Å². The summed E-state index contributed by atoms with van der Waals surface area (Å²) < 4.78 is 0. The van der Waals surface area contributed by atoms with Crippen LogP contribution in [0.15, 0.2) is 0 Å². The lowest BCUT2D eigenvalue weighted by atomic mass is 9.94. The maximum atomic E-state index is 12.4. The maximum absolute atomic E-state index is 12.4. The van der Waals surface area contributed by atoms with E-state index in [4.69, 9.17) is 0 Å². The molecular formula is C19H27N3O3. The van der Waals surface area contributed by atoms with Crippen LogP contribution in [0.5, 0.6) is 0 Å². The molecule has 3 rings (SSSR count). The molecule has 0 spiro atoms. The van der Waals surface area contributed by atoms with Crippen LogP contribution in [0.4, 0.5) is 0 Å². The van der Waals surface area contributed by atoms with E-state index in [0.29, 0.717) is 30.6 Å². The number of rotatable bonds is 4. The van der Waals surface area contributed by atoms with Crippen molar-refractivity contribution in [2.75, 3.05) is 19.6 Å². The van der Waals surface area contributed by atoms with Crippen molar-refractivity contribution in [3.8, 4) is 0 Å². The van der Waals surface area contributed by atoms with Crippen LogP contribution < -0.4 is 5.32 Å². The normalized spacial score (nSPS) is 17.8. The van der Waals surface area contributed by atoms with Gasteiger partial charge in [0, 0.05) is 43.7 Å². The second-order valence-electron chi connectivity index (χ2n) is 7.06. The van der Waals surface area contributed by atoms with Crippen molar-refractivity contribution in [2.24, 2.45) is 0 Å². The number of aromatic nitrogens is 1. The van der Waals surface area contributed by atoms with Gasteiger partial charge < -0.3 is 15.2 Å². The number of carbonyl (C=O) groups excluding carboxylic acids is 3. The van der Waals surface area contributed by atoms with Gasteiger partial charge in [0.25, 0.3) is 5.91 Å². The fraction of sp³-hybridized carbons (Fsp3) is 0.632. The van der Waals surface area contributed by atoms with Gasteiger partial charge in [-0.2, -0.15) is 0 Å². The predicted octanol–water partition coefficient (Wildman–Crippen LogP) is 2.36. The molecule has 2 N–H and O–H groups in total. The molecule has 6 heteroatoms. The third-order valence-electron chi connectivity index (χ3n) is 5.25. The lowest BCUT2D eigenvalue weighted by molar-refractivity contribution is -0.131. The summed E-state index contributed by atoms with van der Waals surface area (Å²) >= 11 is 0. The molecule has 0 atom stereocenters. The Hall–Kier alpha value is -2.11. The highest BCUT2D eigenvalue weighted by Gasteiger charge is 2.26. The largest absolute Gasteiger partial charge is 0.354 e. The van der Waals surface area contributed by atoms with E-state index in [2.05, 4.69) is 10.3 Å². The molecule has 1 saturated heterocycles. The number of likely N-dealkylation sites (tertiary alicyclic amines) is 1. The number of H-pyrrole nitrogens is 1. The van der Waals surface area contributed by atoms with E-state index in [-0.39, 0.29) is 17.6 Å². The number of nitrogens with zero attached hydrogens (tertiary/aromatic N) is 1. The van der Waals surface area contributed by atoms with Gasteiger partial charge in [0.15, 0.2) is 5.78 Å². The zero-order valence-corrected chi connectivity index (χ0v) is 15.0. The summed E-state index contributed by atoms with van der Waals surface area (Å²) in [5, 5.41) is 2.82. The molecule has 1 aromatic rings. The minimum Gasteiger partial charge on any atom is -0.354 e. The Kier molecular flexibility index (Phi) is 5.56. The number of fused-ring (bicyclic) bond motifs is 1. The van der Waals surface area contributed by atoms with Crippen molar-refractivity contribution in [3.63, 3.8) is 0 Å². The van der Waals surface area contributed by atoms with E-state index in [1.807, 2.05) is 11.8 Å². The van der Waals surface area contributed by atoms with Gasteiger partial charge >= 0.3 is 0 Å². The van der Waals surface area contributed by atoms with Gasteiger partial charge in [-0.05, 0) is 38.2 Å². The summed E-state index contributed by atoms with van der Waals surface area (Å²) in [5.41, 5.74) is 2.76. The molecule has 1 fully saturated rings. The molecular weight excluding hydrogens is 318 g/mol. The molecule has 0 unspecified atom stereocenters. The van der Waals surface area contributed by atoms with Crippen LogP contribution in [-0.4, -0.2) is 47.1 Å². The molecule has 1 aliphatic carbocycles. The van der Waals surface area contributed by atoms with Crippen LogP contribution in [0.25, 0.3) is 0 Å². The summed E-state index contributed by atoms with van der Waals surface area (Å²) in [5.74, 6) is -0.00589. The van der Waals surface area contributed by atoms with Crippen LogP contribution in [-0.2, 0) is 11.2 Å². The Morgan fingerprint density at radius 3 is 2.48 bits per heavy atom. The quantitative estimate of drug-likeness (QED) is 0.879. The Bertz CT molecular complexity index is 670. The highest BCUT2D eigenvalue weighted by atomic mass is 16.2. The van der Waals surface area contributed by atoms with Gasteiger partial charge in [-0.3, -0.25) is 14.4 Å². The maximum Gasteiger partial charge on any atom is 0.268 e. The number of hydrogen-bond acceptors (Lipinski definition) is 3. The standard InChI is InChI=1S/C19H27N3O3/c1-13-17-14(7-6-8-15(17)23)21-18(13)19(25)20-10-9-16(24)22-11-4-2-3-5-12-22/h21H,2-12H2,1H3,(H,20,25). The van der Waals surface area contributed by atoms with E-state index in [0.717, 1.165) is 50.0 Å². The summed E-state index contributed by atoms with van der Waals surface area (Å²) in [4.78, 5) is 41.8. The zero-order valence-electron chi connectivity index (χ0n) is 15.0. The first-order valence-corrected chi connectivity index (χ1v) is 9.38. The smallest absolute Gasteiger partial charge is 0.268 e. The first-order chi connectivity index (χ1) is 12.1. The fourth-order valence-electron chi connectivity index (χ4n) is 3.85. The third-order valence-corrected chi connectivity index (χ3v) is 5.25. The first kappa shape index (κ1) is 17.7. The van der Waals surface area contributed by atoms with Gasteiger partial charge in [-0.1, -0.05) is 12.8 Å². The molecule has 0 aromatic carbocycles. The third kappa shape index (κ3) is 3.94. The number of aromatic amines is 1. The van der Waals surface area contributed by atoms with Crippen LogP contribution in [0.2, 0.25) is 0 Å². The van der Waals surface area contributed by atoms with Crippen LogP contribution >= 0.6 is 0 Å². The molecule has 0 bridgehead atoms. The number of aryl methyl sites for hydroxylation is 1. The van der Waals surface area contributed by atoms with Crippen LogP contribution in [0.1, 0.15) is 77.0 Å². The molecule has 0 saturated carbocycles. The highest BCUT2D eigenvalue weighted by Crippen LogP contribution is 2.26. The fourth-order valence-corrected chi connectivity index (χ4v) is 3.85. The lowest BCUT2D eigenvalue weighted by Crippen LogP contribution is -2.35. The van der Waals surface area contributed by atoms with Gasteiger partial charge in [-0.25, -0.2) is 0 Å². The van der Waals surface area contributed by atoms with Crippen molar-refractivity contribution >= 4 is 17.6 Å². The zero-order chi connectivity index (χ0) is 17.8. The number of Topliss-reactive ketones (excluding diaryl/α,β-unsaturated/α-hetero) is 1. The molecule has 25 heavy (non-hydrogen) atoms. The number of ketones is 1. The first-order valence-electron chi connectivity index (χ1n) is 9.38. The van der Waals surface area contributed by atoms with Crippen molar-refractivity contribution in [1.29, 1.82) is 0 Å². The van der Waals surface area contributed by atoms with Gasteiger partial charge in [0.05, 0.1) is 0 Å². The Balaban J connectivity index is 1.54. The van der Waals surface area contributed by atoms with Crippen molar-refractivity contribution in [1.82, 2.24) is 15.2 Å². The molecule has 1 aliphatic heterocycles. The Morgan fingerprint density at radius 2 is 1.80 bits per heavy atom. The number of nitrogens with one attached hydrogen (secondary N) is 2.